The van der Waals surface area contributed by atoms with Gasteiger partial charge in [0, 0.05) is 10.9 Å². The summed E-state index contributed by atoms with van der Waals surface area (Å²) in [4.78, 5) is 1.24. The van der Waals surface area contributed by atoms with Crippen molar-refractivity contribution in [1.82, 2.24) is 15.6 Å². The quantitative estimate of drug-likeness (QED) is 0.634. The Balaban J connectivity index is 2.28. The van der Waals surface area contributed by atoms with Crippen LogP contribution >= 0.6 is 11.3 Å². The fourth-order valence-electron chi connectivity index (χ4n) is 1.56. The summed E-state index contributed by atoms with van der Waals surface area (Å²) in [5, 5.41) is 10.1. The topological polar surface area (TPSA) is 73.1 Å². The van der Waals surface area contributed by atoms with E-state index in [1.807, 2.05) is 6.07 Å². The minimum absolute atomic E-state index is 0.140. The molecule has 0 aromatic carbocycles. The van der Waals surface area contributed by atoms with Gasteiger partial charge in [-0.15, -0.1) is 21.5 Å². The fraction of sp³-hybridized carbons (Fsp3) is 0.273. The number of methoxy groups -OCH3 is 1. The first-order chi connectivity index (χ1) is 8.24. The first kappa shape index (κ1) is 12.0. The van der Waals surface area contributed by atoms with Crippen LogP contribution in [0.1, 0.15) is 22.2 Å². The average Bonchev–Trinajstić information content (AvgIpc) is 2.78. The molecule has 2 rings (SSSR count). The van der Waals surface area contributed by atoms with Crippen LogP contribution in [0.5, 0.6) is 5.88 Å². The maximum Gasteiger partial charge on any atom is 0.233 e. The molecular weight excluding hydrogens is 236 g/mol. The van der Waals surface area contributed by atoms with Crippen molar-refractivity contribution in [2.75, 3.05) is 7.11 Å². The molecule has 0 aliphatic carbocycles. The van der Waals surface area contributed by atoms with E-state index in [4.69, 9.17) is 10.6 Å². The number of ether oxygens (including phenoxy) is 1. The normalized spacial score (nSPS) is 12.4. The SMILES string of the molecule is COc1ccc(C(NN)c2csc(C)c2)nn1. The summed E-state index contributed by atoms with van der Waals surface area (Å²) in [6.45, 7) is 2.06. The van der Waals surface area contributed by atoms with Crippen LogP contribution in [-0.4, -0.2) is 17.3 Å². The van der Waals surface area contributed by atoms with E-state index in [9.17, 15) is 0 Å². The molecule has 2 aromatic heterocycles. The largest absolute Gasteiger partial charge is 0.480 e. The van der Waals surface area contributed by atoms with Gasteiger partial charge in [0.05, 0.1) is 18.8 Å². The van der Waals surface area contributed by atoms with Gasteiger partial charge in [-0.05, 0) is 30.0 Å². The smallest absolute Gasteiger partial charge is 0.233 e. The Morgan fingerprint density at radius 1 is 1.41 bits per heavy atom. The molecule has 0 amide bonds. The zero-order chi connectivity index (χ0) is 12.3. The molecule has 2 heterocycles. The van der Waals surface area contributed by atoms with Gasteiger partial charge >= 0.3 is 0 Å². The summed E-state index contributed by atoms with van der Waals surface area (Å²) in [5.74, 6) is 6.06. The summed E-state index contributed by atoms with van der Waals surface area (Å²) in [7, 11) is 1.56. The highest BCUT2D eigenvalue weighted by Gasteiger charge is 2.15. The molecule has 0 saturated carbocycles. The third kappa shape index (κ3) is 2.60. The highest BCUT2D eigenvalue weighted by molar-refractivity contribution is 7.10. The molecule has 5 nitrogen and oxygen atoms in total. The number of hydrazine groups is 1. The lowest BCUT2D eigenvalue weighted by Gasteiger charge is -2.13. The number of thiophene rings is 1. The van der Waals surface area contributed by atoms with Crippen molar-refractivity contribution in [3.63, 3.8) is 0 Å². The van der Waals surface area contributed by atoms with Crippen molar-refractivity contribution in [2.45, 2.75) is 13.0 Å². The molecule has 0 spiro atoms. The van der Waals surface area contributed by atoms with Crippen molar-refractivity contribution in [2.24, 2.45) is 5.84 Å². The third-order valence-corrected chi connectivity index (χ3v) is 3.30. The maximum absolute atomic E-state index is 5.57. The lowest BCUT2D eigenvalue weighted by Crippen LogP contribution is -2.29. The Kier molecular flexibility index (Phi) is 3.68. The van der Waals surface area contributed by atoms with Gasteiger partial charge in [-0.3, -0.25) is 5.84 Å². The molecule has 0 bridgehead atoms. The van der Waals surface area contributed by atoms with Crippen LogP contribution < -0.4 is 16.0 Å². The highest BCUT2D eigenvalue weighted by atomic mass is 32.1. The Morgan fingerprint density at radius 2 is 2.24 bits per heavy atom. The van der Waals surface area contributed by atoms with Crippen molar-refractivity contribution in [1.29, 1.82) is 0 Å². The van der Waals surface area contributed by atoms with Crippen LogP contribution in [0.25, 0.3) is 0 Å². The van der Waals surface area contributed by atoms with E-state index in [2.05, 4.69) is 34.0 Å². The predicted molar refractivity (Wildman–Crippen MR) is 66.8 cm³/mol. The molecule has 0 saturated heterocycles. The molecule has 0 radical (unpaired) electrons. The van der Waals surface area contributed by atoms with Crippen molar-refractivity contribution in [3.8, 4) is 5.88 Å². The summed E-state index contributed by atoms with van der Waals surface area (Å²) < 4.78 is 4.97. The lowest BCUT2D eigenvalue weighted by atomic mass is 10.1. The standard InChI is InChI=1S/C11H14N4OS/c1-7-5-8(6-17-7)11(13-12)9-3-4-10(16-2)15-14-9/h3-6,11,13H,12H2,1-2H3. The van der Waals surface area contributed by atoms with Crippen LogP contribution in [0.15, 0.2) is 23.6 Å². The molecular formula is C11H14N4OS. The Labute approximate surface area is 104 Å². The Morgan fingerprint density at radius 3 is 2.71 bits per heavy atom. The zero-order valence-electron chi connectivity index (χ0n) is 9.68. The molecule has 1 atom stereocenters. The van der Waals surface area contributed by atoms with Gasteiger partial charge in [0.25, 0.3) is 0 Å². The Bertz CT molecular complexity index is 482. The molecule has 17 heavy (non-hydrogen) atoms. The van der Waals surface area contributed by atoms with Gasteiger partial charge in [0.2, 0.25) is 5.88 Å². The second-order valence-corrected chi connectivity index (χ2v) is 4.71. The van der Waals surface area contributed by atoms with Crippen LogP contribution in [0.2, 0.25) is 0 Å². The molecule has 0 fully saturated rings. The van der Waals surface area contributed by atoms with E-state index < -0.39 is 0 Å². The minimum Gasteiger partial charge on any atom is -0.480 e. The number of hydrogen-bond acceptors (Lipinski definition) is 6. The maximum atomic E-state index is 5.57. The molecule has 0 aliphatic heterocycles. The number of aryl methyl sites for hydroxylation is 1. The second-order valence-electron chi connectivity index (χ2n) is 3.59. The minimum atomic E-state index is -0.140. The van der Waals surface area contributed by atoms with E-state index in [1.165, 1.54) is 4.88 Å². The van der Waals surface area contributed by atoms with Crippen molar-refractivity contribution in [3.05, 3.63) is 39.7 Å². The van der Waals surface area contributed by atoms with Crippen LogP contribution in [0.4, 0.5) is 0 Å². The second kappa shape index (κ2) is 5.22. The number of hydrogen-bond donors (Lipinski definition) is 2. The summed E-state index contributed by atoms with van der Waals surface area (Å²) in [6.07, 6.45) is 0. The third-order valence-electron chi connectivity index (χ3n) is 2.42. The monoisotopic (exact) mass is 250 g/mol. The van der Waals surface area contributed by atoms with Crippen molar-refractivity contribution < 1.29 is 4.74 Å². The van der Waals surface area contributed by atoms with Gasteiger partial charge in [0.15, 0.2) is 0 Å². The van der Waals surface area contributed by atoms with Crippen LogP contribution in [0.3, 0.4) is 0 Å². The van der Waals surface area contributed by atoms with Gasteiger partial charge < -0.3 is 4.74 Å². The van der Waals surface area contributed by atoms with Crippen LogP contribution in [0, 0.1) is 6.92 Å². The number of nitrogens with two attached hydrogens (primary N) is 1. The van der Waals surface area contributed by atoms with Gasteiger partial charge in [-0.2, -0.15) is 0 Å². The Hall–Kier alpha value is -1.50. The molecule has 90 valence electrons. The number of nitrogens with zero attached hydrogens (tertiary/aromatic N) is 2. The molecule has 6 heteroatoms. The first-order valence-electron chi connectivity index (χ1n) is 5.13. The molecule has 0 aliphatic rings. The average molecular weight is 250 g/mol. The fourth-order valence-corrected chi connectivity index (χ4v) is 2.29. The number of nitrogens with one attached hydrogen (secondary N) is 1. The van der Waals surface area contributed by atoms with Crippen LogP contribution in [-0.2, 0) is 0 Å². The van der Waals surface area contributed by atoms with Crippen molar-refractivity contribution >= 4 is 11.3 Å². The number of rotatable bonds is 4. The van der Waals surface area contributed by atoms with Gasteiger partial charge in [-0.1, -0.05) is 0 Å². The van der Waals surface area contributed by atoms with E-state index in [0.717, 1.165) is 11.3 Å². The van der Waals surface area contributed by atoms with Gasteiger partial charge in [0.1, 0.15) is 0 Å². The first-order valence-corrected chi connectivity index (χ1v) is 6.01. The predicted octanol–water partition coefficient (Wildman–Crippen LogP) is 1.41. The summed E-state index contributed by atoms with van der Waals surface area (Å²) in [6, 6.07) is 5.56. The lowest BCUT2D eigenvalue weighted by molar-refractivity contribution is 0.390. The molecule has 1 unspecified atom stereocenters. The van der Waals surface area contributed by atoms with E-state index in [-0.39, 0.29) is 6.04 Å². The summed E-state index contributed by atoms with van der Waals surface area (Å²) in [5.41, 5.74) is 4.61. The van der Waals surface area contributed by atoms with E-state index in [1.54, 1.807) is 24.5 Å². The molecule has 3 N–H and O–H groups in total. The van der Waals surface area contributed by atoms with E-state index >= 15 is 0 Å². The zero-order valence-corrected chi connectivity index (χ0v) is 10.5. The van der Waals surface area contributed by atoms with E-state index in [0.29, 0.717) is 5.88 Å². The summed E-state index contributed by atoms with van der Waals surface area (Å²) >= 11 is 1.68. The van der Waals surface area contributed by atoms with Gasteiger partial charge in [-0.25, -0.2) is 5.43 Å². The highest BCUT2D eigenvalue weighted by Crippen LogP contribution is 2.24. The number of aromatic nitrogens is 2. The molecule has 2 aromatic rings.